The van der Waals surface area contributed by atoms with E-state index >= 15 is 0 Å². The number of nitrogens with zero attached hydrogens (tertiary/aromatic N) is 1. The third-order valence-electron chi connectivity index (χ3n) is 4.85. The van der Waals surface area contributed by atoms with E-state index in [9.17, 15) is 9.59 Å². The van der Waals surface area contributed by atoms with Crippen molar-refractivity contribution in [1.29, 1.82) is 0 Å². The number of aromatic nitrogens is 1. The predicted octanol–water partition coefficient (Wildman–Crippen LogP) is 3.88. The molecule has 2 atom stereocenters. The molecule has 7 nitrogen and oxygen atoms in total. The average molecular weight is 453 g/mol. The number of rotatable bonds is 8. The molecule has 0 aliphatic heterocycles. The maximum absolute atomic E-state index is 12.4. The molecule has 0 bridgehead atoms. The van der Waals surface area contributed by atoms with Gasteiger partial charge in [-0.25, -0.2) is 0 Å². The first-order chi connectivity index (χ1) is 15.3. The van der Waals surface area contributed by atoms with Crippen LogP contribution < -0.4 is 21.1 Å². The van der Waals surface area contributed by atoms with E-state index in [1.165, 1.54) is 0 Å². The first-order valence-electron chi connectivity index (χ1n) is 10.1. The highest BCUT2D eigenvalue weighted by atomic mass is 35.5. The zero-order chi connectivity index (χ0) is 23.1. The molecule has 1 aromatic heterocycles. The molecule has 3 rings (SSSR count). The quantitative estimate of drug-likeness (QED) is 0.481. The molecule has 0 saturated carbocycles. The van der Waals surface area contributed by atoms with E-state index in [4.69, 9.17) is 22.1 Å². The van der Waals surface area contributed by atoms with Gasteiger partial charge in [0, 0.05) is 41.3 Å². The van der Waals surface area contributed by atoms with Crippen molar-refractivity contribution in [2.45, 2.75) is 26.0 Å². The van der Waals surface area contributed by atoms with E-state index < -0.39 is 12.1 Å². The van der Waals surface area contributed by atoms with Crippen molar-refractivity contribution >= 4 is 29.1 Å². The van der Waals surface area contributed by atoms with Crippen molar-refractivity contribution in [3.05, 3.63) is 88.7 Å². The van der Waals surface area contributed by atoms with Crippen LogP contribution in [0.4, 0.5) is 5.69 Å². The van der Waals surface area contributed by atoms with Crippen molar-refractivity contribution in [2.75, 3.05) is 11.9 Å². The predicted molar refractivity (Wildman–Crippen MR) is 125 cm³/mol. The maximum Gasteiger partial charge on any atom is 0.260 e. The van der Waals surface area contributed by atoms with Gasteiger partial charge in [0.2, 0.25) is 0 Å². The van der Waals surface area contributed by atoms with Gasteiger partial charge >= 0.3 is 0 Å². The highest BCUT2D eigenvalue weighted by Gasteiger charge is 2.17. The van der Waals surface area contributed by atoms with Crippen molar-refractivity contribution in [2.24, 2.45) is 5.73 Å². The normalized spacial score (nSPS) is 12.5. The Hall–Kier alpha value is -3.42. The summed E-state index contributed by atoms with van der Waals surface area (Å²) in [7, 11) is 0. The largest absolute Gasteiger partial charge is 0.481 e. The fourth-order valence-electron chi connectivity index (χ4n) is 2.98. The van der Waals surface area contributed by atoms with Gasteiger partial charge in [-0.2, -0.15) is 0 Å². The number of ether oxygens (including phenoxy) is 1. The number of benzene rings is 2. The number of carbonyl (C=O) groups is 2. The molecular weight excluding hydrogens is 428 g/mol. The number of pyridine rings is 1. The highest BCUT2D eigenvalue weighted by molar-refractivity contribution is 6.30. The van der Waals surface area contributed by atoms with E-state index in [1.807, 2.05) is 6.92 Å². The third-order valence-corrected chi connectivity index (χ3v) is 5.08. The molecule has 0 radical (unpaired) electrons. The number of nitrogens with one attached hydrogen (secondary N) is 2. The minimum atomic E-state index is -0.693. The van der Waals surface area contributed by atoms with E-state index in [0.29, 0.717) is 22.0 Å². The SMILES string of the molecule is Cc1cc(Cl)ccc1OC(C)C(=O)NCC(N)c1ccc(C(=O)Nc2ccncc2)cc1. The van der Waals surface area contributed by atoms with Crippen molar-refractivity contribution in [3.63, 3.8) is 0 Å². The van der Waals surface area contributed by atoms with E-state index in [-0.39, 0.29) is 18.4 Å². The molecule has 2 aromatic carbocycles. The van der Waals surface area contributed by atoms with Crippen LogP contribution in [-0.4, -0.2) is 29.4 Å². The number of anilines is 1. The number of halogens is 1. The average Bonchev–Trinajstić information content (AvgIpc) is 2.79. The number of amides is 2. The lowest BCUT2D eigenvalue weighted by Crippen LogP contribution is -2.40. The number of aryl methyl sites for hydroxylation is 1. The smallest absolute Gasteiger partial charge is 0.260 e. The zero-order valence-electron chi connectivity index (χ0n) is 17.8. The number of hydrogen-bond donors (Lipinski definition) is 3. The first kappa shape index (κ1) is 23.2. The Balaban J connectivity index is 1.51. The summed E-state index contributed by atoms with van der Waals surface area (Å²) in [6, 6.07) is 15.2. The van der Waals surface area contributed by atoms with E-state index in [2.05, 4.69) is 15.6 Å². The fraction of sp³-hybridized carbons (Fsp3) is 0.208. The molecule has 3 aromatic rings. The van der Waals surface area contributed by atoms with Crippen LogP contribution in [0.2, 0.25) is 5.02 Å². The molecule has 2 unspecified atom stereocenters. The van der Waals surface area contributed by atoms with Gasteiger partial charge in [0.05, 0.1) is 0 Å². The van der Waals surface area contributed by atoms with Gasteiger partial charge in [0.15, 0.2) is 6.10 Å². The van der Waals surface area contributed by atoms with Gasteiger partial charge in [-0.15, -0.1) is 0 Å². The van der Waals surface area contributed by atoms with Gasteiger partial charge in [-0.3, -0.25) is 14.6 Å². The van der Waals surface area contributed by atoms with Crippen molar-refractivity contribution < 1.29 is 14.3 Å². The Kier molecular flexibility index (Phi) is 7.81. The zero-order valence-corrected chi connectivity index (χ0v) is 18.6. The highest BCUT2D eigenvalue weighted by Crippen LogP contribution is 2.23. The van der Waals surface area contributed by atoms with E-state index in [1.54, 1.807) is 73.9 Å². The second kappa shape index (κ2) is 10.7. The van der Waals surface area contributed by atoms with Gasteiger partial charge in [0.1, 0.15) is 5.75 Å². The van der Waals surface area contributed by atoms with Crippen LogP contribution in [0.5, 0.6) is 5.75 Å². The Morgan fingerprint density at radius 1 is 1.09 bits per heavy atom. The molecule has 2 amide bonds. The summed E-state index contributed by atoms with van der Waals surface area (Å²) in [6.45, 7) is 3.77. The standard InChI is InChI=1S/C24H25ClN4O3/c1-15-13-19(25)7-8-22(15)32-16(2)23(30)28-14-21(26)17-3-5-18(6-4-17)24(31)29-20-9-11-27-12-10-20/h3-13,16,21H,14,26H2,1-2H3,(H,28,30)(H,27,29,31). The molecular formula is C24H25ClN4O3. The summed E-state index contributed by atoms with van der Waals surface area (Å²) < 4.78 is 5.73. The fourth-order valence-corrected chi connectivity index (χ4v) is 3.21. The molecule has 0 aliphatic rings. The molecule has 32 heavy (non-hydrogen) atoms. The molecule has 8 heteroatoms. The van der Waals surface area contributed by atoms with Gasteiger partial charge in [-0.05, 0) is 67.4 Å². The minimum absolute atomic E-state index is 0.229. The molecule has 1 heterocycles. The summed E-state index contributed by atoms with van der Waals surface area (Å²) in [5, 5.41) is 6.21. The molecule has 0 fully saturated rings. The molecule has 0 aliphatic carbocycles. The number of nitrogens with two attached hydrogens (primary N) is 1. The second-order valence-electron chi connectivity index (χ2n) is 7.33. The Labute approximate surface area is 191 Å². The lowest BCUT2D eigenvalue weighted by Gasteiger charge is -2.18. The van der Waals surface area contributed by atoms with Crippen LogP contribution in [0, 0.1) is 6.92 Å². The molecule has 0 saturated heterocycles. The molecule has 0 spiro atoms. The molecule has 166 valence electrons. The van der Waals surface area contributed by atoms with Crippen LogP contribution in [0.1, 0.15) is 34.5 Å². The first-order valence-corrected chi connectivity index (χ1v) is 10.5. The number of carbonyl (C=O) groups excluding carboxylic acids is 2. The Morgan fingerprint density at radius 2 is 1.78 bits per heavy atom. The Morgan fingerprint density at radius 3 is 2.44 bits per heavy atom. The lowest BCUT2D eigenvalue weighted by atomic mass is 10.0. The maximum atomic E-state index is 12.4. The van der Waals surface area contributed by atoms with Gasteiger partial charge < -0.3 is 21.1 Å². The van der Waals surface area contributed by atoms with Gasteiger partial charge in [0.25, 0.3) is 11.8 Å². The topological polar surface area (TPSA) is 106 Å². The molecule has 4 N–H and O–H groups in total. The van der Waals surface area contributed by atoms with Crippen LogP contribution in [0.3, 0.4) is 0 Å². The second-order valence-corrected chi connectivity index (χ2v) is 7.77. The van der Waals surface area contributed by atoms with Crippen molar-refractivity contribution in [3.8, 4) is 5.75 Å². The van der Waals surface area contributed by atoms with Crippen molar-refractivity contribution in [1.82, 2.24) is 10.3 Å². The van der Waals surface area contributed by atoms with Crippen LogP contribution in [0.15, 0.2) is 67.0 Å². The van der Waals surface area contributed by atoms with E-state index in [0.717, 1.165) is 11.1 Å². The summed E-state index contributed by atoms with van der Waals surface area (Å²) >= 11 is 5.95. The Bertz CT molecular complexity index is 1070. The van der Waals surface area contributed by atoms with Crippen LogP contribution in [-0.2, 0) is 4.79 Å². The number of hydrogen-bond acceptors (Lipinski definition) is 5. The third kappa shape index (κ3) is 6.29. The summed E-state index contributed by atoms with van der Waals surface area (Å²) in [6.07, 6.45) is 2.52. The monoisotopic (exact) mass is 452 g/mol. The summed E-state index contributed by atoms with van der Waals surface area (Å²) in [4.78, 5) is 28.7. The lowest BCUT2D eigenvalue weighted by molar-refractivity contribution is -0.127. The van der Waals surface area contributed by atoms with Crippen LogP contribution in [0.25, 0.3) is 0 Å². The van der Waals surface area contributed by atoms with Crippen LogP contribution >= 0.6 is 11.6 Å². The van der Waals surface area contributed by atoms with Gasteiger partial charge in [-0.1, -0.05) is 23.7 Å². The summed E-state index contributed by atoms with van der Waals surface area (Å²) in [5.74, 6) is 0.0956. The minimum Gasteiger partial charge on any atom is -0.481 e. The summed E-state index contributed by atoms with van der Waals surface area (Å²) in [5.41, 5.74) is 9.02.